The molecule has 0 aliphatic carbocycles. The molecule has 1 amide bonds. The summed E-state index contributed by atoms with van der Waals surface area (Å²) in [5, 5.41) is 2.98. The number of phosphoric ester groups is 1. The molecule has 0 spiro atoms. The fourth-order valence-corrected chi connectivity index (χ4v) is 6.92. The van der Waals surface area contributed by atoms with Crippen LogP contribution in [0.15, 0.2) is 12.2 Å². The monoisotopic (exact) mass is 721 g/mol. The number of allylic oxidation sites excluding steroid dienone is 2. The molecule has 6 unspecified atom stereocenters. The van der Waals surface area contributed by atoms with Crippen molar-refractivity contribution in [3.8, 4) is 0 Å². The molecular formula is C37H72NO10P. The minimum atomic E-state index is -4.95. The Labute approximate surface area is 298 Å². The van der Waals surface area contributed by atoms with Gasteiger partial charge in [0.1, 0.15) is 24.4 Å². The second kappa shape index (κ2) is 29.7. The molecule has 1 heterocycles. The molecule has 6 atom stereocenters. The van der Waals surface area contributed by atoms with Crippen LogP contribution in [0.5, 0.6) is 0 Å². The molecule has 1 fully saturated rings. The van der Waals surface area contributed by atoms with Crippen LogP contribution in [0.3, 0.4) is 0 Å². The molecule has 3 N–H and O–H groups in total. The summed E-state index contributed by atoms with van der Waals surface area (Å²) in [6.45, 7) is 4.65. The zero-order valence-corrected chi connectivity index (χ0v) is 32.4. The van der Waals surface area contributed by atoms with Gasteiger partial charge in [-0.2, -0.15) is 0 Å². The van der Waals surface area contributed by atoms with Gasteiger partial charge in [-0.05, 0) is 44.9 Å². The summed E-state index contributed by atoms with van der Waals surface area (Å²) in [6, 6.07) is -0.859. The van der Waals surface area contributed by atoms with E-state index in [0.29, 0.717) is 12.8 Å². The normalized spacial score (nSPS) is 22.1. The van der Waals surface area contributed by atoms with Gasteiger partial charge < -0.3 is 38.8 Å². The lowest BCUT2D eigenvalue weighted by Crippen LogP contribution is -2.66. The first-order valence-corrected chi connectivity index (χ1v) is 20.7. The molecule has 0 saturated carbocycles. The average Bonchev–Trinajstić information content (AvgIpc) is 3.07. The Morgan fingerprint density at radius 2 is 1.37 bits per heavy atom. The summed E-state index contributed by atoms with van der Waals surface area (Å²) >= 11 is 0. The number of methoxy groups -OCH3 is 3. The van der Waals surface area contributed by atoms with Crippen LogP contribution < -0.4 is 5.32 Å². The van der Waals surface area contributed by atoms with Crippen molar-refractivity contribution >= 4 is 13.7 Å². The molecule has 11 nitrogen and oxygen atoms in total. The largest absolute Gasteiger partial charge is 0.470 e. The van der Waals surface area contributed by atoms with E-state index < -0.39 is 38.5 Å². The van der Waals surface area contributed by atoms with Gasteiger partial charge in [0.05, 0.1) is 12.7 Å². The first-order chi connectivity index (χ1) is 23.7. The van der Waals surface area contributed by atoms with E-state index in [9.17, 15) is 19.1 Å². The third-order valence-corrected chi connectivity index (χ3v) is 9.69. The van der Waals surface area contributed by atoms with E-state index in [2.05, 4.69) is 31.3 Å². The first kappa shape index (κ1) is 46.1. The number of hydrogen-bond acceptors (Lipinski definition) is 8. The smallest absolute Gasteiger partial charge is 0.382 e. The van der Waals surface area contributed by atoms with Crippen LogP contribution in [0.1, 0.15) is 149 Å². The number of ether oxygens (including phenoxy) is 5. The van der Waals surface area contributed by atoms with Gasteiger partial charge in [-0.1, -0.05) is 109 Å². The Morgan fingerprint density at radius 1 is 0.796 bits per heavy atom. The van der Waals surface area contributed by atoms with Crippen molar-refractivity contribution in [3.05, 3.63) is 12.2 Å². The molecule has 49 heavy (non-hydrogen) atoms. The van der Waals surface area contributed by atoms with Crippen molar-refractivity contribution in [3.63, 3.8) is 0 Å². The summed E-state index contributed by atoms with van der Waals surface area (Å²) in [5.41, 5.74) is 0. The van der Waals surface area contributed by atoms with Crippen molar-refractivity contribution in [1.29, 1.82) is 0 Å². The highest BCUT2D eigenvalue weighted by molar-refractivity contribution is 7.46. The highest BCUT2D eigenvalue weighted by Gasteiger charge is 2.50. The van der Waals surface area contributed by atoms with Crippen molar-refractivity contribution in [2.45, 2.75) is 185 Å². The van der Waals surface area contributed by atoms with Crippen LogP contribution in [0.2, 0.25) is 0 Å². The van der Waals surface area contributed by atoms with Crippen LogP contribution >= 0.6 is 7.82 Å². The predicted octanol–water partition coefficient (Wildman–Crippen LogP) is 8.16. The average molecular weight is 722 g/mol. The van der Waals surface area contributed by atoms with Gasteiger partial charge in [0.25, 0.3) is 0 Å². The van der Waals surface area contributed by atoms with Crippen molar-refractivity contribution in [2.24, 2.45) is 0 Å². The lowest BCUT2D eigenvalue weighted by atomic mass is 9.96. The summed E-state index contributed by atoms with van der Waals surface area (Å²) < 4.78 is 46.1. The second-order valence-electron chi connectivity index (χ2n) is 13.4. The fourth-order valence-electron chi connectivity index (χ4n) is 6.35. The topological polar surface area (TPSA) is 142 Å². The van der Waals surface area contributed by atoms with E-state index in [1.807, 2.05) is 0 Å². The van der Waals surface area contributed by atoms with Crippen LogP contribution in [0.4, 0.5) is 0 Å². The molecular weight excluding hydrogens is 649 g/mol. The van der Waals surface area contributed by atoms with Crippen LogP contribution in [0, 0.1) is 0 Å². The Morgan fingerprint density at radius 3 is 1.94 bits per heavy atom. The van der Waals surface area contributed by atoms with Gasteiger partial charge in [0.2, 0.25) is 5.91 Å². The number of nitrogens with one attached hydrogen (secondary N) is 1. The number of carbonyl (C=O) groups is 1. The first-order valence-electron chi connectivity index (χ1n) is 19.2. The minimum Gasteiger partial charge on any atom is -0.382 e. The van der Waals surface area contributed by atoms with E-state index in [1.54, 1.807) is 7.11 Å². The number of unbranched alkanes of at least 4 members (excludes halogenated alkanes) is 15. The molecule has 0 aromatic carbocycles. The summed E-state index contributed by atoms with van der Waals surface area (Å²) in [7, 11) is -0.349. The minimum absolute atomic E-state index is 0.0145. The van der Waals surface area contributed by atoms with Gasteiger partial charge in [-0.3, -0.25) is 9.32 Å². The van der Waals surface area contributed by atoms with Crippen molar-refractivity contribution in [1.82, 2.24) is 5.32 Å². The maximum absolute atomic E-state index is 13.1. The number of hydrogen-bond donors (Lipinski definition) is 3. The molecule has 1 aliphatic rings. The molecule has 0 bridgehead atoms. The Kier molecular flexibility index (Phi) is 27.9. The quantitative estimate of drug-likeness (QED) is 0.0354. The SMILES string of the molecule is CCCCCCC=CCCCCCCCCCC(=O)NC1C(OC)OC(COC)C(OP(=O)(O)O)C1OCCC(CCCCCCC)OC. The maximum atomic E-state index is 13.1. The van der Waals surface area contributed by atoms with E-state index in [4.69, 9.17) is 28.2 Å². The molecule has 1 saturated heterocycles. The van der Waals surface area contributed by atoms with E-state index in [1.165, 1.54) is 84.8 Å². The number of phosphoric acid groups is 1. The maximum Gasteiger partial charge on any atom is 0.470 e. The third kappa shape index (κ3) is 22.6. The predicted molar refractivity (Wildman–Crippen MR) is 194 cm³/mol. The summed E-state index contributed by atoms with van der Waals surface area (Å²) in [4.78, 5) is 32.7. The number of rotatable bonds is 32. The van der Waals surface area contributed by atoms with Crippen LogP contribution in [0.25, 0.3) is 0 Å². The van der Waals surface area contributed by atoms with E-state index in [-0.39, 0.29) is 25.2 Å². The van der Waals surface area contributed by atoms with Crippen LogP contribution in [-0.4, -0.2) is 87.0 Å². The molecule has 0 aromatic rings. The standard InChI is InChI=1S/C37H72NO10P/c1-6-8-10-12-13-14-15-16-17-18-19-20-21-23-25-27-33(39)38-34-36(46-29-28-31(44-4)26-24-22-11-9-7-2)35(48-49(40,41)42)32(30-43-3)47-37(34)45-5/h14-15,31-32,34-37H,6-13,16-30H2,1-5H3,(H,38,39)(H2,40,41,42). The zero-order valence-electron chi connectivity index (χ0n) is 31.5. The Balaban J connectivity index is 2.66. The van der Waals surface area contributed by atoms with Gasteiger partial charge in [-0.25, -0.2) is 4.57 Å². The summed E-state index contributed by atoms with van der Waals surface area (Å²) in [5.74, 6) is -0.201. The molecule has 0 aromatic heterocycles. The van der Waals surface area contributed by atoms with Crippen molar-refractivity contribution < 1.29 is 47.4 Å². The highest BCUT2D eigenvalue weighted by Crippen LogP contribution is 2.42. The fraction of sp³-hybridized carbons (Fsp3) is 0.919. The number of amides is 1. The second-order valence-corrected chi connectivity index (χ2v) is 14.6. The lowest BCUT2D eigenvalue weighted by Gasteiger charge is -2.45. The third-order valence-electron chi connectivity index (χ3n) is 9.17. The molecule has 290 valence electrons. The van der Waals surface area contributed by atoms with Crippen molar-refractivity contribution in [2.75, 3.05) is 34.5 Å². The summed E-state index contributed by atoms with van der Waals surface area (Å²) in [6.07, 6.45) is 23.4. The Bertz CT molecular complexity index is 872. The van der Waals surface area contributed by atoms with Gasteiger partial charge in [0.15, 0.2) is 6.29 Å². The van der Waals surface area contributed by atoms with Gasteiger partial charge in [-0.15, -0.1) is 0 Å². The van der Waals surface area contributed by atoms with E-state index in [0.717, 1.165) is 51.4 Å². The Hall–Kier alpha value is -0.880. The lowest BCUT2D eigenvalue weighted by molar-refractivity contribution is -0.268. The highest BCUT2D eigenvalue weighted by atomic mass is 31.2. The molecule has 0 radical (unpaired) electrons. The molecule has 12 heteroatoms. The van der Waals surface area contributed by atoms with Gasteiger partial charge in [0, 0.05) is 34.4 Å². The number of carbonyl (C=O) groups excluding carboxylic acids is 1. The van der Waals surface area contributed by atoms with Gasteiger partial charge >= 0.3 is 7.82 Å². The zero-order chi connectivity index (χ0) is 36.2. The molecule has 1 aliphatic heterocycles. The van der Waals surface area contributed by atoms with Crippen LogP contribution in [-0.2, 0) is 37.6 Å². The molecule has 1 rings (SSSR count). The van der Waals surface area contributed by atoms with E-state index >= 15 is 0 Å².